The molecule has 32 heavy (non-hydrogen) atoms. The lowest BCUT2D eigenvalue weighted by atomic mass is 10.1. The van der Waals surface area contributed by atoms with E-state index in [-0.39, 0.29) is 17.1 Å². The molecule has 0 spiro atoms. The van der Waals surface area contributed by atoms with Gasteiger partial charge in [0.25, 0.3) is 5.56 Å². The van der Waals surface area contributed by atoms with Crippen LogP contribution in [0.15, 0.2) is 46.3 Å². The number of rotatable bonds is 11. The molecule has 0 amide bonds. The number of hydrogen-bond acceptors (Lipinski definition) is 7. The molecule has 3 rings (SSSR count). The third kappa shape index (κ3) is 6.74. The topological polar surface area (TPSA) is 98.1 Å². The van der Waals surface area contributed by atoms with Gasteiger partial charge in [-0.3, -0.25) is 14.2 Å². The van der Waals surface area contributed by atoms with Gasteiger partial charge in [0.2, 0.25) is 10.0 Å². The Morgan fingerprint density at radius 1 is 1.22 bits per heavy atom. The minimum Gasteiger partial charge on any atom is -0.292 e. The molecule has 0 fully saturated rings. The number of sulfonamides is 1. The summed E-state index contributed by atoms with van der Waals surface area (Å²) in [5.41, 5.74) is 0.549. The smallest absolute Gasteiger partial charge is 0.262 e. The van der Waals surface area contributed by atoms with E-state index in [2.05, 4.69) is 23.6 Å². The number of aromatic nitrogens is 2. The van der Waals surface area contributed by atoms with Crippen LogP contribution in [-0.4, -0.2) is 42.3 Å². The van der Waals surface area contributed by atoms with E-state index in [0.29, 0.717) is 46.4 Å². The number of thioether (sulfide) groups is 1. The van der Waals surface area contributed by atoms with Gasteiger partial charge in [-0.2, -0.15) is 0 Å². The first-order chi connectivity index (χ1) is 15.1. The Hall–Kier alpha value is -2.01. The highest BCUT2D eigenvalue weighted by molar-refractivity contribution is 7.99. The van der Waals surface area contributed by atoms with Crippen molar-refractivity contribution < 1.29 is 13.2 Å². The first-order valence-corrected chi connectivity index (χ1v) is 14.0. The average molecular weight is 494 g/mol. The molecule has 3 aromatic rings. The van der Waals surface area contributed by atoms with E-state index in [0.717, 1.165) is 17.6 Å². The van der Waals surface area contributed by atoms with Crippen LogP contribution >= 0.6 is 23.1 Å². The standard InChI is InChI=1S/C22H27N3O4S3/c1-15(2)11-13-25-21(27)17-6-4-5-7-18(17)24-22(25)30-14-19(26)20-9-8-16(31-20)10-12-23-32(3,28)29/h4-9,15,23H,10-14H2,1-3H3. The zero-order chi connectivity index (χ0) is 23.3. The fraction of sp³-hybridized carbons (Fsp3) is 0.409. The van der Waals surface area contributed by atoms with E-state index >= 15 is 0 Å². The van der Waals surface area contributed by atoms with Gasteiger partial charge in [-0.25, -0.2) is 18.1 Å². The van der Waals surface area contributed by atoms with Gasteiger partial charge < -0.3 is 0 Å². The lowest BCUT2D eigenvalue weighted by Gasteiger charge is -2.14. The van der Waals surface area contributed by atoms with Crippen molar-refractivity contribution >= 4 is 49.8 Å². The predicted molar refractivity (Wildman–Crippen MR) is 131 cm³/mol. The molecule has 0 aliphatic rings. The summed E-state index contributed by atoms with van der Waals surface area (Å²) in [4.78, 5) is 32.0. The number of carbonyl (C=O) groups is 1. The van der Waals surface area contributed by atoms with Crippen molar-refractivity contribution in [2.75, 3.05) is 18.6 Å². The number of benzene rings is 1. The molecule has 2 heterocycles. The first-order valence-electron chi connectivity index (χ1n) is 10.3. The second-order valence-electron chi connectivity index (χ2n) is 7.95. The number of Topliss-reactive ketones (excluding diaryl/α,β-unsaturated/α-hetero) is 1. The van der Waals surface area contributed by atoms with Crippen LogP contribution < -0.4 is 10.3 Å². The van der Waals surface area contributed by atoms with Gasteiger partial charge in [-0.1, -0.05) is 37.7 Å². The monoisotopic (exact) mass is 493 g/mol. The fourth-order valence-electron chi connectivity index (χ4n) is 3.07. The van der Waals surface area contributed by atoms with Crippen molar-refractivity contribution in [2.24, 2.45) is 5.92 Å². The molecular weight excluding hydrogens is 466 g/mol. The summed E-state index contributed by atoms with van der Waals surface area (Å²) in [5, 5.41) is 1.13. The van der Waals surface area contributed by atoms with E-state index in [1.165, 1.54) is 23.1 Å². The lowest BCUT2D eigenvalue weighted by molar-refractivity contribution is 0.102. The number of hydrogen-bond donors (Lipinski definition) is 1. The Morgan fingerprint density at radius 3 is 2.69 bits per heavy atom. The Bertz CT molecular complexity index is 1260. The summed E-state index contributed by atoms with van der Waals surface area (Å²) in [6, 6.07) is 10.9. The Kier molecular flexibility index (Phi) is 8.26. The second-order valence-corrected chi connectivity index (χ2v) is 11.9. The number of para-hydroxylation sites is 1. The summed E-state index contributed by atoms with van der Waals surface area (Å²) in [6.07, 6.45) is 2.49. The molecule has 0 unspecified atom stereocenters. The Morgan fingerprint density at radius 2 is 1.97 bits per heavy atom. The van der Waals surface area contributed by atoms with E-state index in [9.17, 15) is 18.0 Å². The van der Waals surface area contributed by atoms with Crippen molar-refractivity contribution in [1.82, 2.24) is 14.3 Å². The molecule has 0 aliphatic carbocycles. The van der Waals surface area contributed by atoms with Crippen LogP contribution in [0.3, 0.4) is 0 Å². The van der Waals surface area contributed by atoms with Gasteiger partial charge in [-0.05, 0) is 43.0 Å². The molecule has 2 aromatic heterocycles. The van der Waals surface area contributed by atoms with Crippen LogP contribution in [0.5, 0.6) is 0 Å². The number of carbonyl (C=O) groups excluding carboxylic acids is 1. The molecule has 0 radical (unpaired) electrons. The maximum Gasteiger partial charge on any atom is 0.262 e. The van der Waals surface area contributed by atoms with Crippen molar-refractivity contribution in [2.45, 2.75) is 38.4 Å². The molecule has 0 atom stereocenters. The van der Waals surface area contributed by atoms with Gasteiger partial charge in [0, 0.05) is 18.0 Å². The lowest BCUT2D eigenvalue weighted by Crippen LogP contribution is -2.24. The van der Waals surface area contributed by atoms with Crippen LogP contribution in [0.2, 0.25) is 0 Å². The van der Waals surface area contributed by atoms with Gasteiger partial charge in [0.05, 0.1) is 27.8 Å². The zero-order valence-corrected chi connectivity index (χ0v) is 20.8. The van der Waals surface area contributed by atoms with Crippen molar-refractivity contribution in [3.63, 3.8) is 0 Å². The van der Waals surface area contributed by atoms with Crippen LogP contribution in [0.25, 0.3) is 10.9 Å². The number of fused-ring (bicyclic) bond motifs is 1. The summed E-state index contributed by atoms with van der Waals surface area (Å²) < 4.78 is 26.5. The van der Waals surface area contributed by atoms with Gasteiger partial charge in [0.1, 0.15) is 0 Å². The third-order valence-corrected chi connectivity index (χ3v) is 7.65. The molecular formula is C22H27N3O4S3. The SMILES string of the molecule is CC(C)CCn1c(SCC(=O)c2ccc(CCNS(C)(=O)=O)s2)nc2ccccc2c1=O. The number of nitrogens with one attached hydrogen (secondary N) is 1. The summed E-state index contributed by atoms with van der Waals surface area (Å²) in [5.74, 6) is 0.572. The highest BCUT2D eigenvalue weighted by atomic mass is 32.2. The quantitative estimate of drug-likeness (QED) is 0.249. The molecule has 0 saturated heterocycles. The van der Waals surface area contributed by atoms with Gasteiger partial charge in [0.15, 0.2) is 10.9 Å². The van der Waals surface area contributed by atoms with Crippen LogP contribution in [0, 0.1) is 5.92 Å². The zero-order valence-electron chi connectivity index (χ0n) is 18.3. The molecule has 1 aromatic carbocycles. The molecule has 1 N–H and O–H groups in total. The van der Waals surface area contributed by atoms with Gasteiger partial charge >= 0.3 is 0 Å². The number of thiophene rings is 1. The summed E-state index contributed by atoms with van der Waals surface area (Å²) in [6.45, 7) is 5.07. The first kappa shape index (κ1) is 24.6. The van der Waals surface area contributed by atoms with E-state index in [1.54, 1.807) is 16.7 Å². The van der Waals surface area contributed by atoms with Crippen molar-refractivity contribution in [1.29, 1.82) is 0 Å². The Balaban J connectivity index is 1.73. The van der Waals surface area contributed by atoms with Crippen molar-refractivity contribution in [3.8, 4) is 0 Å². The molecule has 0 aliphatic heterocycles. The summed E-state index contributed by atoms with van der Waals surface area (Å²) in [7, 11) is -3.23. The minimum atomic E-state index is -3.23. The molecule has 10 heteroatoms. The van der Waals surface area contributed by atoms with E-state index in [4.69, 9.17) is 0 Å². The molecule has 0 saturated carbocycles. The summed E-state index contributed by atoms with van der Waals surface area (Å²) >= 11 is 2.64. The molecule has 7 nitrogen and oxygen atoms in total. The third-order valence-electron chi connectivity index (χ3n) is 4.76. The average Bonchev–Trinajstić information content (AvgIpc) is 3.19. The highest BCUT2D eigenvalue weighted by Gasteiger charge is 2.16. The highest BCUT2D eigenvalue weighted by Crippen LogP contribution is 2.23. The second kappa shape index (κ2) is 10.7. The molecule has 0 bridgehead atoms. The maximum absolute atomic E-state index is 13.0. The van der Waals surface area contributed by atoms with E-state index in [1.807, 2.05) is 24.3 Å². The van der Waals surface area contributed by atoms with Crippen LogP contribution in [0.4, 0.5) is 0 Å². The Labute approximate surface area is 196 Å². The van der Waals surface area contributed by atoms with Gasteiger partial charge in [-0.15, -0.1) is 11.3 Å². The largest absolute Gasteiger partial charge is 0.292 e. The van der Waals surface area contributed by atoms with Crippen LogP contribution in [0.1, 0.15) is 34.8 Å². The van der Waals surface area contributed by atoms with E-state index < -0.39 is 10.0 Å². The minimum absolute atomic E-state index is 0.0415. The van der Waals surface area contributed by atoms with Crippen LogP contribution in [-0.2, 0) is 23.0 Å². The van der Waals surface area contributed by atoms with Crippen molar-refractivity contribution in [3.05, 3.63) is 56.5 Å². The number of nitrogens with zero attached hydrogens (tertiary/aromatic N) is 2. The number of ketones is 1. The normalized spacial score (nSPS) is 12.0. The maximum atomic E-state index is 13.0. The predicted octanol–water partition coefficient (Wildman–Crippen LogP) is 3.57. The molecule has 172 valence electrons. The fourth-order valence-corrected chi connectivity index (χ4v) is 5.48.